The normalized spacial score (nSPS) is 19.2. The zero-order valence-electron chi connectivity index (χ0n) is 16.1. The molecule has 0 saturated carbocycles. The first kappa shape index (κ1) is 19.8. The number of ether oxygens (including phenoxy) is 4. The van der Waals surface area contributed by atoms with Crippen molar-refractivity contribution in [2.45, 2.75) is 24.7 Å². The lowest BCUT2D eigenvalue weighted by Gasteiger charge is -2.18. The lowest BCUT2D eigenvalue weighted by atomic mass is 9.88. The summed E-state index contributed by atoms with van der Waals surface area (Å²) in [6.45, 7) is 0.193. The molecule has 2 atom stereocenters. The predicted octanol–water partition coefficient (Wildman–Crippen LogP) is 4.15. The molecule has 0 amide bonds. The fourth-order valence-electron chi connectivity index (χ4n) is 4.26. The van der Waals surface area contributed by atoms with Crippen LogP contribution < -0.4 is 9.47 Å². The Hall–Kier alpha value is -2.54. The van der Waals surface area contributed by atoms with Crippen molar-refractivity contribution in [2.24, 2.45) is 5.92 Å². The van der Waals surface area contributed by atoms with Crippen molar-refractivity contribution in [2.75, 3.05) is 21.0 Å². The van der Waals surface area contributed by atoms with Crippen LogP contribution in [0, 0.1) is 5.92 Å². The van der Waals surface area contributed by atoms with Crippen molar-refractivity contribution >= 4 is 27.9 Å². The first-order valence-corrected chi connectivity index (χ1v) is 10.2. The smallest absolute Gasteiger partial charge is 0.320 e. The Labute approximate surface area is 177 Å². The van der Waals surface area contributed by atoms with E-state index >= 15 is 0 Å². The minimum Gasteiger partial charge on any atom is -0.468 e. The highest BCUT2D eigenvalue weighted by molar-refractivity contribution is 9.10. The second-order valence-electron chi connectivity index (χ2n) is 7.21. The maximum absolute atomic E-state index is 12.2. The number of benzene rings is 2. The number of methoxy groups -OCH3 is 2. The molecule has 6 nitrogen and oxygen atoms in total. The molecule has 4 rings (SSSR count). The van der Waals surface area contributed by atoms with E-state index in [1.807, 2.05) is 24.3 Å². The number of hydrogen-bond acceptors (Lipinski definition) is 6. The Morgan fingerprint density at radius 3 is 2.21 bits per heavy atom. The molecule has 0 N–H and O–H groups in total. The number of halogens is 1. The van der Waals surface area contributed by atoms with Gasteiger partial charge >= 0.3 is 11.9 Å². The van der Waals surface area contributed by atoms with Gasteiger partial charge in [0.05, 0.1) is 14.2 Å². The van der Waals surface area contributed by atoms with Crippen LogP contribution in [0.1, 0.15) is 41.4 Å². The Morgan fingerprint density at radius 1 is 1.03 bits per heavy atom. The van der Waals surface area contributed by atoms with E-state index in [0.717, 1.165) is 27.8 Å². The predicted molar refractivity (Wildman–Crippen MR) is 108 cm³/mol. The van der Waals surface area contributed by atoms with E-state index in [0.29, 0.717) is 12.2 Å². The largest absolute Gasteiger partial charge is 0.468 e. The fourth-order valence-corrected chi connectivity index (χ4v) is 4.52. The highest BCUT2D eigenvalue weighted by Crippen LogP contribution is 2.52. The third-order valence-electron chi connectivity index (χ3n) is 5.68. The average Bonchev–Trinajstić information content (AvgIpc) is 3.34. The molecular weight excluding hydrogens is 440 g/mol. The number of fused-ring (bicyclic) bond motifs is 2. The standard InChI is InChI=1S/C22H21BrO6/c1-26-21(24)18(22(25)27-2)8-13-7-15(12-3-5-14(23)6-4-12)17-10-20-19(9-16(13)17)28-11-29-20/h3-6,9-10,13,15,18H,7-8,11H2,1-2H3. The van der Waals surface area contributed by atoms with Crippen LogP contribution in [0.15, 0.2) is 40.9 Å². The molecule has 0 bridgehead atoms. The molecule has 152 valence electrons. The molecule has 0 spiro atoms. The maximum Gasteiger partial charge on any atom is 0.320 e. The lowest BCUT2D eigenvalue weighted by molar-refractivity contribution is -0.159. The summed E-state index contributed by atoms with van der Waals surface area (Å²) in [6.07, 6.45) is 1.09. The average molecular weight is 461 g/mol. The molecular formula is C22H21BrO6. The van der Waals surface area contributed by atoms with E-state index in [1.165, 1.54) is 19.8 Å². The highest BCUT2D eigenvalue weighted by Gasteiger charge is 2.39. The van der Waals surface area contributed by atoms with Crippen molar-refractivity contribution in [3.05, 3.63) is 57.6 Å². The van der Waals surface area contributed by atoms with Crippen LogP contribution in [-0.4, -0.2) is 33.0 Å². The van der Waals surface area contributed by atoms with E-state index < -0.39 is 17.9 Å². The molecule has 0 radical (unpaired) electrons. The van der Waals surface area contributed by atoms with Crippen LogP contribution in [-0.2, 0) is 19.1 Å². The van der Waals surface area contributed by atoms with Crippen LogP contribution in [0.2, 0.25) is 0 Å². The van der Waals surface area contributed by atoms with Gasteiger partial charge in [-0.3, -0.25) is 9.59 Å². The van der Waals surface area contributed by atoms with Crippen molar-refractivity contribution in [1.29, 1.82) is 0 Å². The monoisotopic (exact) mass is 460 g/mol. The lowest BCUT2D eigenvalue weighted by Crippen LogP contribution is -2.28. The minimum absolute atomic E-state index is 0.0173. The van der Waals surface area contributed by atoms with Crippen molar-refractivity contribution in [1.82, 2.24) is 0 Å². The Morgan fingerprint density at radius 2 is 1.62 bits per heavy atom. The Bertz CT molecular complexity index is 923. The van der Waals surface area contributed by atoms with Gasteiger partial charge < -0.3 is 18.9 Å². The Balaban J connectivity index is 1.72. The SMILES string of the molecule is COC(=O)C(CC1CC(c2ccc(Br)cc2)c2cc3c(cc21)OCO3)C(=O)OC. The van der Waals surface area contributed by atoms with Gasteiger partial charge in [-0.15, -0.1) is 0 Å². The summed E-state index contributed by atoms with van der Waals surface area (Å²) in [4.78, 5) is 24.4. The fraction of sp³-hybridized carbons (Fsp3) is 0.364. The summed E-state index contributed by atoms with van der Waals surface area (Å²) in [6, 6.07) is 12.2. The second-order valence-corrected chi connectivity index (χ2v) is 8.12. The van der Waals surface area contributed by atoms with Crippen LogP contribution in [0.4, 0.5) is 0 Å². The first-order chi connectivity index (χ1) is 14.0. The summed E-state index contributed by atoms with van der Waals surface area (Å²) in [7, 11) is 2.56. The van der Waals surface area contributed by atoms with Crippen LogP contribution >= 0.6 is 15.9 Å². The van der Waals surface area contributed by atoms with Crippen LogP contribution in [0.5, 0.6) is 11.5 Å². The third kappa shape index (κ3) is 3.71. The van der Waals surface area contributed by atoms with E-state index in [2.05, 4.69) is 28.1 Å². The molecule has 2 aliphatic rings. The zero-order chi connectivity index (χ0) is 20.5. The summed E-state index contributed by atoms with van der Waals surface area (Å²) in [5.74, 6) is -0.582. The topological polar surface area (TPSA) is 71.1 Å². The van der Waals surface area contributed by atoms with Gasteiger partial charge in [-0.1, -0.05) is 28.1 Å². The summed E-state index contributed by atoms with van der Waals surface area (Å²) >= 11 is 3.48. The minimum atomic E-state index is -0.961. The molecule has 2 aromatic carbocycles. The van der Waals surface area contributed by atoms with Crippen molar-refractivity contribution in [3.8, 4) is 11.5 Å². The maximum atomic E-state index is 12.2. The van der Waals surface area contributed by atoms with Gasteiger partial charge in [-0.25, -0.2) is 0 Å². The number of carbonyl (C=O) groups excluding carboxylic acids is 2. The first-order valence-electron chi connectivity index (χ1n) is 9.36. The van der Waals surface area contributed by atoms with Crippen LogP contribution in [0.3, 0.4) is 0 Å². The summed E-state index contributed by atoms with van der Waals surface area (Å²) in [5, 5.41) is 0. The number of rotatable bonds is 5. The zero-order valence-corrected chi connectivity index (χ0v) is 17.7. The highest BCUT2D eigenvalue weighted by atomic mass is 79.9. The number of carbonyl (C=O) groups is 2. The number of esters is 2. The Kier molecular flexibility index (Phi) is 5.50. The van der Waals surface area contributed by atoms with E-state index in [1.54, 1.807) is 0 Å². The van der Waals surface area contributed by atoms with Gasteiger partial charge in [0.15, 0.2) is 17.4 Å². The van der Waals surface area contributed by atoms with Gasteiger partial charge in [0.1, 0.15) is 0 Å². The van der Waals surface area contributed by atoms with Crippen molar-refractivity contribution < 1.29 is 28.5 Å². The molecule has 2 aromatic rings. The number of hydrogen-bond donors (Lipinski definition) is 0. The van der Waals surface area contributed by atoms with Gasteiger partial charge in [0, 0.05) is 10.4 Å². The van der Waals surface area contributed by atoms with Gasteiger partial charge in [0.25, 0.3) is 0 Å². The molecule has 2 unspecified atom stereocenters. The van der Waals surface area contributed by atoms with Crippen molar-refractivity contribution in [3.63, 3.8) is 0 Å². The van der Waals surface area contributed by atoms with E-state index in [-0.39, 0.29) is 18.6 Å². The van der Waals surface area contributed by atoms with Gasteiger partial charge in [0.2, 0.25) is 6.79 Å². The second kappa shape index (κ2) is 8.06. The molecule has 1 aliphatic heterocycles. The van der Waals surface area contributed by atoms with E-state index in [9.17, 15) is 9.59 Å². The molecule has 1 aliphatic carbocycles. The van der Waals surface area contributed by atoms with Gasteiger partial charge in [-0.05, 0) is 59.7 Å². The molecule has 0 saturated heterocycles. The van der Waals surface area contributed by atoms with Crippen LogP contribution in [0.25, 0.3) is 0 Å². The summed E-state index contributed by atoms with van der Waals surface area (Å²) < 4.78 is 21.8. The summed E-state index contributed by atoms with van der Waals surface area (Å²) in [5.41, 5.74) is 3.37. The molecule has 29 heavy (non-hydrogen) atoms. The molecule has 0 fully saturated rings. The molecule has 1 heterocycles. The molecule has 0 aromatic heterocycles. The van der Waals surface area contributed by atoms with E-state index in [4.69, 9.17) is 18.9 Å². The molecule has 7 heteroatoms. The third-order valence-corrected chi connectivity index (χ3v) is 6.21. The van der Waals surface area contributed by atoms with Gasteiger partial charge in [-0.2, -0.15) is 0 Å². The quantitative estimate of drug-likeness (QED) is 0.492.